The summed E-state index contributed by atoms with van der Waals surface area (Å²) in [7, 11) is -0.611. The predicted molar refractivity (Wildman–Crippen MR) is 99.0 cm³/mol. The molecule has 2 nitrogen and oxygen atoms in total. The van der Waals surface area contributed by atoms with Crippen LogP contribution in [0, 0.1) is 0 Å². The highest BCUT2D eigenvalue weighted by Crippen LogP contribution is 2.19. The number of rotatable bonds is 8. The molecule has 0 aliphatic rings. The number of hydrogen-bond donors (Lipinski definition) is 0. The van der Waals surface area contributed by atoms with Gasteiger partial charge in [-0.25, -0.2) is 0 Å². The molecule has 0 bridgehead atoms. The first-order chi connectivity index (χ1) is 10.8. The minimum absolute atomic E-state index is 0.611. The van der Waals surface area contributed by atoms with Crippen LogP contribution in [0.2, 0.25) is 0 Å². The fourth-order valence-electron chi connectivity index (χ4n) is 2.25. The van der Waals surface area contributed by atoms with Crippen molar-refractivity contribution >= 4 is 20.8 Å². The summed E-state index contributed by atoms with van der Waals surface area (Å²) < 4.78 is 10.4. The van der Waals surface area contributed by atoms with Gasteiger partial charge in [0, 0.05) is 13.2 Å². The van der Waals surface area contributed by atoms with Gasteiger partial charge in [0.1, 0.15) is 0 Å². The molecule has 0 unspecified atom stereocenters. The Hall–Kier alpha value is -1.16. The van der Waals surface area contributed by atoms with Gasteiger partial charge in [0.05, 0.1) is 0 Å². The first-order valence-electron chi connectivity index (χ1n) is 8.45. The molecule has 0 fully saturated rings. The minimum Gasteiger partial charge on any atom is -0.399 e. The molecule has 0 aliphatic heterocycles. The van der Waals surface area contributed by atoms with Gasteiger partial charge in [0.15, 0.2) is 0 Å². The summed E-state index contributed by atoms with van der Waals surface area (Å²) in [5.41, 5.74) is 1.47. The van der Waals surface area contributed by atoms with Gasteiger partial charge in [0.25, 0.3) is 0 Å². The fraction of sp³-hybridized carbons (Fsp3) is 0.474. The quantitative estimate of drug-likeness (QED) is 0.522. The van der Waals surface area contributed by atoms with E-state index < -0.39 is 10.0 Å². The standard InChI is InChI=1S/C13H14.C6H16O2Si/c1-2-6-11-8-5-9-12-7-3-4-10-13(11)12;1-3-5-7-9-8-6-4-2/h3-5,7-10H,2,6H2,1H3;3-6,9H2,1-2H3. The van der Waals surface area contributed by atoms with E-state index in [9.17, 15) is 0 Å². The summed E-state index contributed by atoms with van der Waals surface area (Å²) in [6.07, 6.45) is 4.60. The normalized spacial score (nSPS) is 10.3. The molecular formula is C19H30O2Si. The smallest absolute Gasteiger partial charge is 0.304 e. The van der Waals surface area contributed by atoms with Crippen LogP contribution in [-0.2, 0) is 15.3 Å². The molecule has 0 N–H and O–H groups in total. The summed E-state index contributed by atoms with van der Waals surface area (Å²) in [5.74, 6) is 0. The molecule has 0 spiro atoms. The lowest BCUT2D eigenvalue weighted by Gasteiger charge is -2.03. The lowest BCUT2D eigenvalue weighted by Crippen LogP contribution is -2.05. The zero-order chi connectivity index (χ0) is 16.0. The molecule has 0 amide bonds. The maximum atomic E-state index is 5.20. The van der Waals surface area contributed by atoms with Crippen LogP contribution in [0.25, 0.3) is 10.8 Å². The average molecular weight is 319 g/mol. The van der Waals surface area contributed by atoms with Crippen molar-refractivity contribution in [1.29, 1.82) is 0 Å². The summed E-state index contributed by atoms with van der Waals surface area (Å²) in [6, 6.07) is 15.1. The summed E-state index contributed by atoms with van der Waals surface area (Å²) >= 11 is 0. The van der Waals surface area contributed by atoms with E-state index in [1.165, 1.54) is 29.2 Å². The molecule has 2 aromatic carbocycles. The molecule has 0 heterocycles. The number of aryl methyl sites for hydroxylation is 1. The van der Waals surface area contributed by atoms with Gasteiger partial charge < -0.3 is 8.85 Å². The van der Waals surface area contributed by atoms with Crippen LogP contribution in [-0.4, -0.2) is 23.2 Å². The Bertz CT molecular complexity index is 502. The molecule has 0 radical (unpaired) electrons. The van der Waals surface area contributed by atoms with Gasteiger partial charge >= 0.3 is 10.0 Å². The molecule has 122 valence electrons. The zero-order valence-electron chi connectivity index (χ0n) is 14.3. The first-order valence-corrected chi connectivity index (χ1v) is 9.61. The highest BCUT2D eigenvalue weighted by Gasteiger charge is 1.97. The largest absolute Gasteiger partial charge is 0.399 e. The van der Waals surface area contributed by atoms with E-state index in [4.69, 9.17) is 8.85 Å². The van der Waals surface area contributed by atoms with Gasteiger partial charge in [0.2, 0.25) is 0 Å². The maximum absolute atomic E-state index is 5.20. The predicted octanol–water partition coefficient (Wildman–Crippen LogP) is 4.63. The number of fused-ring (bicyclic) bond motifs is 1. The average Bonchev–Trinajstić information content (AvgIpc) is 2.56. The van der Waals surface area contributed by atoms with Crippen molar-refractivity contribution in [3.05, 3.63) is 48.0 Å². The molecule has 0 atom stereocenters. The van der Waals surface area contributed by atoms with Gasteiger partial charge in [-0.2, -0.15) is 0 Å². The van der Waals surface area contributed by atoms with Crippen molar-refractivity contribution < 1.29 is 8.85 Å². The lowest BCUT2D eigenvalue weighted by atomic mass is 10.0. The Balaban J connectivity index is 0.000000239. The second kappa shape index (κ2) is 12.4. The molecule has 0 aromatic heterocycles. The minimum atomic E-state index is -0.611. The van der Waals surface area contributed by atoms with Crippen LogP contribution in [0.15, 0.2) is 42.5 Å². The molecule has 2 rings (SSSR count). The van der Waals surface area contributed by atoms with Gasteiger partial charge in [-0.3, -0.25) is 0 Å². The van der Waals surface area contributed by atoms with Crippen LogP contribution in [0.5, 0.6) is 0 Å². The molecule has 0 saturated heterocycles. The van der Waals surface area contributed by atoms with E-state index in [1.807, 2.05) is 0 Å². The molecule has 0 aliphatic carbocycles. The van der Waals surface area contributed by atoms with Crippen molar-refractivity contribution in [3.8, 4) is 0 Å². The molecule has 0 saturated carbocycles. The Morgan fingerprint density at radius 1 is 0.773 bits per heavy atom. The molecule has 3 heteroatoms. The topological polar surface area (TPSA) is 18.5 Å². The summed E-state index contributed by atoms with van der Waals surface area (Å²) in [5, 5.41) is 2.76. The van der Waals surface area contributed by atoms with E-state index in [0.29, 0.717) is 0 Å². The third kappa shape index (κ3) is 7.21. The Morgan fingerprint density at radius 3 is 2.05 bits per heavy atom. The van der Waals surface area contributed by atoms with Gasteiger partial charge in [-0.1, -0.05) is 69.7 Å². The summed E-state index contributed by atoms with van der Waals surface area (Å²) in [4.78, 5) is 0. The number of hydrogen-bond acceptors (Lipinski definition) is 2. The lowest BCUT2D eigenvalue weighted by molar-refractivity contribution is 0.222. The van der Waals surface area contributed by atoms with E-state index in [-0.39, 0.29) is 0 Å². The molecule has 2 aromatic rings. The van der Waals surface area contributed by atoms with Crippen molar-refractivity contribution in [2.75, 3.05) is 13.2 Å². The van der Waals surface area contributed by atoms with E-state index in [1.54, 1.807) is 0 Å². The Labute approximate surface area is 137 Å². The van der Waals surface area contributed by atoms with Gasteiger partial charge in [-0.15, -0.1) is 0 Å². The Morgan fingerprint density at radius 2 is 1.41 bits per heavy atom. The van der Waals surface area contributed by atoms with Crippen molar-refractivity contribution in [2.45, 2.75) is 46.5 Å². The first kappa shape index (κ1) is 18.9. The van der Waals surface area contributed by atoms with E-state index >= 15 is 0 Å². The van der Waals surface area contributed by atoms with Gasteiger partial charge in [-0.05, 0) is 35.6 Å². The van der Waals surface area contributed by atoms with Crippen LogP contribution >= 0.6 is 0 Å². The molecule has 22 heavy (non-hydrogen) atoms. The van der Waals surface area contributed by atoms with E-state index in [2.05, 4.69) is 63.2 Å². The van der Waals surface area contributed by atoms with Crippen LogP contribution in [0.1, 0.15) is 45.6 Å². The monoisotopic (exact) mass is 318 g/mol. The second-order valence-corrected chi connectivity index (χ2v) is 6.37. The van der Waals surface area contributed by atoms with Crippen molar-refractivity contribution in [1.82, 2.24) is 0 Å². The van der Waals surface area contributed by atoms with Crippen molar-refractivity contribution in [3.63, 3.8) is 0 Å². The van der Waals surface area contributed by atoms with Crippen LogP contribution < -0.4 is 0 Å². The van der Waals surface area contributed by atoms with Crippen molar-refractivity contribution in [2.24, 2.45) is 0 Å². The maximum Gasteiger partial charge on any atom is 0.304 e. The van der Waals surface area contributed by atoms with E-state index in [0.717, 1.165) is 26.1 Å². The second-order valence-electron chi connectivity index (χ2n) is 5.32. The fourth-order valence-corrected chi connectivity index (χ4v) is 3.18. The zero-order valence-corrected chi connectivity index (χ0v) is 15.7. The third-order valence-electron chi connectivity index (χ3n) is 3.26. The third-order valence-corrected chi connectivity index (χ3v) is 4.17. The van der Waals surface area contributed by atoms with Crippen LogP contribution in [0.4, 0.5) is 0 Å². The Kier molecular flexibility index (Phi) is 10.6. The summed E-state index contributed by atoms with van der Waals surface area (Å²) in [6.45, 7) is 8.18. The molecular weight excluding hydrogens is 288 g/mol. The highest BCUT2D eigenvalue weighted by atomic mass is 28.3. The highest BCUT2D eigenvalue weighted by molar-refractivity contribution is 6.17. The number of benzene rings is 2. The van der Waals surface area contributed by atoms with Crippen LogP contribution in [0.3, 0.4) is 0 Å². The SMILES string of the molecule is CCCO[SiH2]OCCC.CCCc1cccc2ccccc12.